The zero-order valence-electron chi connectivity index (χ0n) is 16.2. The van der Waals surface area contributed by atoms with Gasteiger partial charge in [-0.05, 0) is 76.8 Å². The van der Waals surface area contributed by atoms with Crippen LogP contribution in [0.25, 0.3) is 0 Å². The summed E-state index contributed by atoms with van der Waals surface area (Å²) >= 11 is 0. The Hall–Kier alpha value is -0.910. The van der Waals surface area contributed by atoms with E-state index in [0.717, 1.165) is 50.5 Å². The van der Waals surface area contributed by atoms with Crippen molar-refractivity contribution < 1.29 is 8.42 Å². The summed E-state index contributed by atoms with van der Waals surface area (Å²) in [5.41, 5.74) is 1.09. The molecular formula is C20H34N2O2S. The van der Waals surface area contributed by atoms with Crippen LogP contribution in [0.3, 0.4) is 0 Å². The Morgan fingerprint density at radius 1 is 1.16 bits per heavy atom. The van der Waals surface area contributed by atoms with Gasteiger partial charge in [-0.1, -0.05) is 31.5 Å². The predicted molar refractivity (Wildman–Crippen MR) is 104 cm³/mol. The van der Waals surface area contributed by atoms with Crippen molar-refractivity contribution in [3.05, 3.63) is 29.8 Å². The molecule has 1 aromatic carbocycles. The summed E-state index contributed by atoms with van der Waals surface area (Å²) in [5, 5.41) is 0. The monoisotopic (exact) mass is 366 g/mol. The lowest BCUT2D eigenvalue weighted by molar-refractivity contribution is 0.184. The first-order valence-corrected chi connectivity index (χ1v) is 11.1. The Bertz CT molecular complexity index is 618. The second-order valence-electron chi connectivity index (χ2n) is 8.06. The van der Waals surface area contributed by atoms with E-state index >= 15 is 0 Å². The molecule has 0 bridgehead atoms. The molecule has 0 saturated carbocycles. The van der Waals surface area contributed by atoms with Crippen molar-refractivity contribution in [1.29, 1.82) is 0 Å². The molecule has 1 saturated heterocycles. The molecular weight excluding hydrogens is 332 g/mol. The molecule has 2 rings (SSSR count). The molecule has 142 valence electrons. The average Bonchev–Trinajstić information content (AvgIpc) is 2.53. The molecule has 5 heteroatoms. The van der Waals surface area contributed by atoms with Crippen molar-refractivity contribution in [2.24, 2.45) is 11.8 Å². The van der Waals surface area contributed by atoms with Crippen LogP contribution in [0.1, 0.15) is 38.7 Å². The fourth-order valence-corrected chi connectivity index (χ4v) is 5.02. The zero-order valence-corrected chi connectivity index (χ0v) is 17.1. The Balaban J connectivity index is 1.77. The molecule has 1 aromatic rings. The summed E-state index contributed by atoms with van der Waals surface area (Å²) < 4.78 is 25.1. The van der Waals surface area contributed by atoms with Gasteiger partial charge in [0.1, 0.15) is 5.88 Å². The highest BCUT2D eigenvalue weighted by atomic mass is 32.2. The minimum atomic E-state index is -3.22. The molecule has 1 fully saturated rings. The van der Waals surface area contributed by atoms with Crippen LogP contribution in [0.5, 0.6) is 0 Å². The third kappa shape index (κ3) is 6.72. The first-order chi connectivity index (χ1) is 11.8. The van der Waals surface area contributed by atoms with Crippen molar-refractivity contribution in [3.8, 4) is 0 Å². The third-order valence-corrected chi connectivity index (χ3v) is 6.73. The quantitative estimate of drug-likeness (QED) is 0.707. The summed E-state index contributed by atoms with van der Waals surface area (Å²) in [4.78, 5) is 4.96. The van der Waals surface area contributed by atoms with Gasteiger partial charge in [-0.3, -0.25) is 4.90 Å². The van der Waals surface area contributed by atoms with Crippen LogP contribution in [0.2, 0.25) is 0 Å². The van der Waals surface area contributed by atoms with Crippen LogP contribution in [-0.4, -0.2) is 57.3 Å². The Labute approximate surface area is 154 Å². The highest BCUT2D eigenvalue weighted by Crippen LogP contribution is 2.22. The maximum atomic E-state index is 12.6. The van der Waals surface area contributed by atoms with Crippen LogP contribution in [-0.2, 0) is 9.84 Å². The smallest absolute Gasteiger partial charge is 0.191 e. The standard InChI is InChI=1S/C20H34N2O2S/c1-17(2)15-21(4)12-9-19-10-13-22(14-11-19)16-25(23,24)20-7-5-18(3)6-8-20/h5-8,17,19H,9-16H2,1-4H3. The van der Waals surface area contributed by atoms with Gasteiger partial charge in [0.2, 0.25) is 0 Å². The molecule has 1 aliphatic rings. The van der Waals surface area contributed by atoms with Gasteiger partial charge < -0.3 is 4.90 Å². The van der Waals surface area contributed by atoms with Crippen LogP contribution < -0.4 is 0 Å². The molecule has 4 nitrogen and oxygen atoms in total. The number of hydrogen-bond acceptors (Lipinski definition) is 4. The van der Waals surface area contributed by atoms with Gasteiger partial charge in [0.15, 0.2) is 9.84 Å². The number of sulfone groups is 1. The van der Waals surface area contributed by atoms with Crippen molar-refractivity contribution in [1.82, 2.24) is 9.80 Å². The lowest BCUT2D eigenvalue weighted by atomic mass is 9.93. The second kappa shape index (κ2) is 9.15. The van der Waals surface area contributed by atoms with Crippen molar-refractivity contribution in [2.45, 2.75) is 44.9 Å². The van der Waals surface area contributed by atoms with Crippen LogP contribution in [0.15, 0.2) is 29.2 Å². The minimum absolute atomic E-state index is 0.149. The summed E-state index contributed by atoms with van der Waals surface area (Å²) in [6.07, 6.45) is 3.44. The highest BCUT2D eigenvalue weighted by molar-refractivity contribution is 7.91. The molecule has 0 spiro atoms. The maximum absolute atomic E-state index is 12.6. The first-order valence-electron chi connectivity index (χ1n) is 9.46. The molecule has 0 N–H and O–H groups in total. The van der Waals surface area contributed by atoms with Gasteiger partial charge in [-0.2, -0.15) is 0 Å². The number of hydrogen-bond donors (Lipinski definition) is 0. The number of likely N-dealkylation sites (tertiary alicyclic amines) is 1. The van der Waals surface area contributed by atoms with Gasteiger partial charge in [0, 0.05) is 6.54 Å². The number of nitrogens with zero attached hydrogens (tertiary/aromatic N) is 2. The van der Waals surface area contributed by atoms with E-state index in [1.54, 1.807) is 12.1 Å². The van der Waals surface area contributed by atoms with Gasteiger partial charge in [-0.15, -0.1) is 0 Å². The molecule has 0 atom stereocenters. The molecule has 0 amide bonds. The van der Waals surface area contributed by atoms with E-state index in [1.807, 2.05) is 19.1 Å². The van der Waals surface area contributed by atoms with E-state index in [-0.39, 0.29) is 5.88 Å². The normalized spacial score (nSPS) is 17.5. The summed E-state index contributed by atoms with van der Waals surface area (Å²) in [6.45, 7) is 10.6. The lowest BCUT2D eigenvalue weighted by Crippen LogP contribution is -2.38. The van der Waals surface area contributed by atoms with Crippen molar-refractivity contribution in [3.63, 3.8) is 0 Å². The van der Waals surface area contributed by atoms with Crippen LogP contribution >= 0.6 is 0 Å². The highest BCUT2D eigenvalue weighted by Gasteiger charge is 2.24. The number of aryl methyl sites for hydroxylation is 1. The lowest BCUT2D eigenvalue weighted by Gasteiger charge is -2.32. The Morgan fingerprint density at radius 3 is 2.32 bits per heavy atom. The molecule has 0 unspecified atom stereocenters. The van der Waals surface area contributed by atoms with Crippen molar-refractivity contribution >= 4 is 9.84 Å². The number of rotatable bonds is 8. The summed E-state index contributed by atoms with van der Waals surface area (Å²) in [7, 11) is -1.02. The summed E-state index contributed by atoms with van der Waals surface area (Å²) in [5.74, 6) is 1.59. The number of benzene rings is 1. The first kappa shape index (κ1) is 20.4. The second-order valence-corrected chi connectivity index (χ2v) is 10.0. The van der Waals surface area contributed by atoms with Gasteiger partial charge in [0.25, 0.3) is 0 Å². The van der Waals surface area contributed by atoms with Gasteiger partial charge in [-0.25, -0.2) is 8.42 Å². The molecule has 1 heterocycles. The van der Waals surface area contributed by atoms with E-state index in [1.165, 1.54) is 6.42 Å². The summed E-state index contributed by atoms with van der Waals surface area (Å²) in [6, 6.07) is 7.18. The zero-order chi connectivity index (χ0) is 18.4. The van der Waals surface area contributed by atoms with Crippen LogP contribution in [0.4, 0.5) is 0 Å². The van der Waals surface area contributed by atoms with E-state index in [4.69, 9.17) is 0 Å². The van der Waals surface area contributed by atoms with Gasteiger partial charge in [0.05, 0.1) is 4.90 Å². The van der Waals surface area contributed by atoms with E-state index in [0.29, 0.717) is 10.8 Å². The van der Waals surface area contributed by atoms with E-state index < -0.39 is 9.84 Å². The molecule has 1 aliphatic heterocycles. The molecule has 0 aliphatic carbocycles. The Morgan fingerprint density at radius 2 is 1.76 bits per heavy atom. The SMILES string of the molecule is Cc1ccc(S(=O)(=O)CN2CCC(CCN(C)CC(C)C)CC2)cc1. The van der Waals surface area contributed by atoms with Crippen molar-refractivity contribution in [2.75, 3.05) is 39.1 Å². The van der Waals surface area contributed by atoms with Gasteiger partial charge >= 0.3 is 0 Å². The number of piperidine rings is 1. The average molecular weight is 367 g/mol. The molecule has 25 heavy (non-hydrogen) atoms. The maximum Gasteiger partial charge on any atom is 0.191 e. The fraction of sp³-hybridized carbons (Fsp3) is 0.700. The van der Waals surface area contributed by atoms with E-state index in [2.05, 4.69) is 30.7 Å². The minimum Gasteiger partial charge on any atom is -0.306 e. The predicted octanol–water partition coefficient (Wildman–Crippen LogP) is 3.42. The Kier molecular flexibility index (Phi) is 7.47. The van der Waals surface area contributed by atoms with E-state index in [9.17, 15) is 8.42 Å². The topological polar surface area (TPSA) is 40.6 Å². The molecule has 0 aromatic heterocycles. The fourth-order valence-electron chi connectivity index (χ4n) is 3.58. The van der Waals surface area contributed by atoms with Crippen LogP contribution in [0, 0.1) is 18.8 Å². The third-order valence-electron chi connectivity index (χ3n) is 5.04. The molecule has 0 radical (unpaired) electrons. The largest absolute Gasteiger partial charge is 0.306 e.